The lowest BCUT2D eigenvalue weighted by atomic mass is 9.97. The second-order valence-corrected chi connectivity index (χ2v) is 8.38. The Bertz CT molecular complexity index is 1120. The van der Waals surface area contributed by atoms with E-state index in [2.05, 4.69) is 52.9 Å². The van der Waals surface area contributed by atoms with Gasteiger partial charge in [0.15, 0.2) is 0 Å². The predicted octanol–water partition coefficient (Wildman–Crippen LogP) is 5.20. The van der Waals surface area contributed by atoms with Crippen LogP contribution in [0.4, 0.5) is 0 Å². The molecular formula is C27H32N4O2. The van der Waals surface area contributed by atoms with E-state index >= 15 is 0 Å². The molecule has 1 aliphatic rings. The summed E-state index contributed by atoms with van der Waals surface area (Å²) >= 11 is 0. The van der Waals surface area contributed by atoms with Gasteiger partial charge in [-0.2, -0.15) is 0 Å². The Labute approximate surface area is 195 Å². The molecule has 2 heterocycles. The molecule has 1 fully saturated rings. The Balaban J connectivity index is 1.47. The van der Waals surface area contributed by atoms with E-state index in [1.165, 1.54) is 5.57 Å². The summed E-state index contributed by atoms with van der Waals surface area (Å²) in [6, 6.07) is 16.4. The third kappa shape index (κ3) is 5.35. The van der Waals surface area contributed by atoms with Crippen molar-refractivity contribution in [1.82, 2.24) is 14.5 Å². The van der Waals surface area contributed by atoms with Crippen LogP contribution in [0.3, 0.4) is 0 Å². The predicted molar refractivity (Wildman–Crippen MR) is 132 cm³/mol. The van der Waals surface area contributed by atoms with Gasteiger partial charge in [0.25, 0.3) is 0 Å². The number of allylic oxidation sites excluding steroid dienone is 1. The van der Waals surface area contributed by atoms with E-state index in [-0.39, 0.29) is 6.10 Å². The lowest BCUT2D eigenvalue weighted by Gasteiger charge is -2.34. The zero-order chi connectivity index (χ0) is 23.2. The number of hydrogen-bond donors (Lipinski definition) is 1. The van der Waals surface area contributed by atoms with Gasteiger partial charge in [0, 0.05) is 25.0 Å². The summed E-state index contributed by atoms with van der Waals surface area (Å²) in [6.45, 7) is 8.21. The fraction of sp³-hybridized carbons (Fsp3) is 0.296. The quantitative estimate of drug-likeness (QED) is 0.484. The van der Waals surface area contributed by atoms with Crippen molar-refractivity contribution < 1.29 is 9.57 Å². The molecule has 2 aromatic carbocycles. The molecule has 1 atom stereocenters. The van der Waals surface area contributed by atoms with Crippen LogP contribution in [0.15, 0.2) is 78.9 Å². The maximum Gasteiger partial charge on any atom is 0.143 e. The van der Waals surface area contributed by atoms with E-state index in [0.717, 1.165) is 66.3 Å². The molecule has 6 nitrogen and oxygen atoms in total. The van der Waals surface area contributed by atoms with Gasteiger partial charge in [0.05, 0.1) is 24.8 Å². The maximum absolute atomic E-state index is 5.67. The average molecular weight is 445 g/mol. The Morgan fingerprint density at radius 2 is 2.03 bits per heavy atom. The molecule has 2 N–H and O–H groups in total. The second-order valence-electron chi connectivity index (χ2n) is 8.38. The minimum Gasteiger partial charge on any atom is -0.495 e. The zero-order valence-electron chi connectivity index (χ0n) is 19.4. The summed E-state index contributed by atoms with van der Waals surface area (Å²) < 4.78 is 7.65. The van der Waals surface area contributed by atoms with Crippen LogP contribution in [0.2, 0.25) is 0 Å². The number of ether oxygens (including phenoxy) is 1. The van der Waals surface area contributed by atoms with Crippen LogP contribution >= 0.6 is 0 Å². The molecule has 0 saturated carbocycles. The molecule has 1 aliphatic heterocycles. The van der Waals surface area contributed by atoms with E-state index in [1.54, 1.807) is 13.4 Å². The van der Waals surface area contributed by atoms with Crippen molar-refractivity contribution in [3.8, 4) is 11.4 Å². The monoisotopic (exact) mass is 444 g/mol. The van der Waals surface area contributed by atoms with Gasteiger partial charge < -0.3 is 14.2 Å². The normalized spacial score (nSPS) is 16.3. The zero-order valence-corrected chi connectivity index (χ0v) is 19.4. The Kier molecular flexibility index (Phi) is 7.27. The highest BCUT2D eigenvalue weighted by molar-refractivity contribution is 5.63. The number of likely N-dealkylation sites (tertiary alicyclic amines) is 1. The topological polar surface area (TPSA) is 65.5 Å². The first-order chi connectivity index (χ1) is 16.1. The van der Waals surface area contributed by atoms with Gasteiger partial charge in [-0.05, 0) is 61.1 Å². The standard InChI is InChI=1S/C27H32N4O2/c1-20-18-31(19-29-20)25-12-11-22(17-27(25)32-3)16-24-10-7-14-30(21(24)2)15-13-26(33-28)23-8-5-4-6-9-23/h4-6,8-9,11-12,16-19,26H,2,7,10,13-15,28H2,1,3H3/b24-16+/t26-/m1/s1. The number of imidazole rings is 1. The van der Waals surface area contributed by atoms with Crippen molar-refractivity contribution in [2.24, 2.45) is 5.90 Å². The molecule has 6 heteroatoms. The molecular weight excluding hydrogens is 412 g/mol. The van der Waals surface area contributed by atoms with Crippen molar-refractivity contribution in [2.45, 2.75) is 32.3 Å². The molecule has 1 saturated heterocycles. The number of aryl methyl sites for hydroxylation is 1. The summed E-state index contributed by atoms with van der Waals surface area (Å²) in [4.78, 5) is 11.9. The molecule has 0 aliphatic carbocycles. The maximum atomic E-state index is 5.67. The van der Waals surface area contributed by atoms with Crippen molar-refractivity contribution in [3.05, 3.63) is 95.7 Å². The molecule has 0 spiro atoms. The Morgan fingerprint density at radius 1 is 1.21 bits per heavy atom. The highest BCUT2D eigenvalue weighted by Gasteiger charge is 2.20. The summed E-state index contributed by atoms with van der Waals surface area (Å²) in [6.07, 6.45) is 8.79. The van der Waals surface area contributed by atoms with Crippen LogP contribution in [-0.2, 0) is 4.84 Å². The van der Waals surface area contributed by atoms with E-state index in [4.69, 9.17) is 15.5 Å². The first-order valence-corrected chi connectivity index (χ1v) is 11.3. The lowest BCUT2D eigenvalue weighted by molar-refractivity contribution is 0.0405. The van der Waals surface area contributed by atoms with Crippen LogP contribution in [0.5, 0.6) is 5.75 Å². The van der Waals surface area contributed by atoms with Crippen molar-refractivity contribution >= 4 is 6.08 Å². The van der Waals surface area contributed by atoms with Gasteiger partial charge in [-0.25, -0.2) is 10.9 Å². The molecule has 0 amide bonds. The largest absolute Gasteiger partial charge is 0.495 e. The number of methoxy groups -OCH3 is 1. The third-order valence-corrected chi connectivity index (χ3v) is 6.16. The molecule has 1 aromatic heterocycles. The van der Waals surface area contributed by atoms with E-state index < -0.39 is 0 Å². The number of rotatable bonds is 8. The lowest BCUT2D eigenvalue weighted by Crippen LogP contribution is -2.31. The number of hydrogen-bond acceptors (Lipinski definition) is 5. The van der Waals surface area contributed by atoms with E-state index in [0.29, 0.717) is 0 Å². The minimum absolute atomic E-state index is 0.128. The molecule has 0 unspecified atom stereocenters. The highest BCUT2D eigenvalue weighted by atomic mass is 16.6. The van der Waals surface area contributed by atoms with Crippen LogP contribution < -0.4 is 10.6 Å². The van der Waals surface area contributed by atoms with Crippen LogP contribution in [0, 0.1) is 6.92 Å². The smallest absolute Gasteiger partial charge is 0.143 e. The van der Waals surface area contributed by atoms with Gasteiger partial charge in [-0.1, -0.05) is 43.0 Å². The van der Waals surface area contributed by atoms with Crippen molar-refractivity contribution in [2.75, 3.05) is 20.2 Å². The van der Waals surface area contributed by atoms with Crippen molar-refractivity contribution in [1.29, 1.82) is 0 Å². The number of nitrogens with two attached hydrogens (primary N) is 1. The van der Waals surface area contributed by atoms with Gasteiger partial charge in [0.2, 0.25) is 0 Å². The molecule has 0 radical (unpaired) electrons. The minimum atomic E-state index is -0.128. The van der Waals surface area contributed by atoms with Gasteiger partial charge >= 0.3 is 0 Å². The first kappa shape index (κ1) is 22.8. The SMILES string of the molecule is C=C1/C(=C/c2ccc(-n3cnc(C)c3)c(OC)c2)CCCN1CC[C@@H](ON)c1ccccc1. The summed E-state index contributed by atoms with van der Waals surface area (Å²) in [5.74, 6) is 6.41. The first-order valence-electron chi connectivity index (χ1n) is 11.3. The van der Waals surface area contributed by atoms with Gasteiger partial charge in [-0.15, -0.1) is 0 Å². The fourth-order valence-electron chi connectivity index (χ4n) is 4.35. The van der Waals surface area contributed by atoms with Crippen LogP contribution in [-0.4, -0.2) is 34.7 Å². The second kappa shape index (κ2) is 10.5. The number of benzene rings is 2. The summed E-state index contributed by atoms with van der Waals surface area (Å²) in [7, 11) is 1.70. The third-order valence-electron chi connectivity index (χ3n) is 6.16. The summed E-state index contributed by atoms with van der Waals surface area (Å²) in [5, 5.41) is 0. The van der Waals surface area contributed by atoms with E-state index in [9.17, 15) is 0 Å². The molecule has 3 aromatic rings. The van der Waals surface area contributed by atoms with Crippen molar-refractivity contribution in [3.63, 3.8) is 0 Å². The van der Waals surface area contributed by atoms with E-state index in [1.807, 2.05) is 35.9 Å². The molecule has 33 heavy (non-hydrogen) atoms. The average Bonchev–Trinajstić information content (AvgIpc) is 3.28. The number of aromatic nitrogens is 2. The van der Waals surface area contributed by atoms with Crippen LogP contribution in [0.25, 0.3) is 11.8 Å². The van der Waals surface area contributed by atoms with Gasteiger partial charge in [-0.3, -0.25) is 4.84 Å². The number of piperidine rings is 1. The number of nitrogens with zero attached hydrogens (tertiary/aromatic N) is 3. The molecule has 0 bridgehead atoms. The Hall–Kier alpha value is -3.35. The molecule has 4 rings (SSSR count). The summed E-state index contributed by atoms with van der Waals surface area (Å²) in [5.41, 5.74) is 6.45. The van der Waals surface area contributed by atoms with Gasteiger partial charge in [0.1, 0.15) is 11.9 Å². The van der Waals surface area contributed by atoms with Crippen LogP contribution in [0.1, 0.15) is 42.2 Å². The fourth-order valence-corrected chi connectivity index (χ4v) is 4.35. The molecule has 172 valence electrons. The highest BCUT2D eigenvalue weighted by Crippen LogP contribution is 2.31. The Morgan fingerprint density at radius 3 is 2.73 bits per heavy atom.